The molecule has 5 nitrogen and oxygen atoms in total. The van der Waals surface area contributed by atoms with Crippen LogP contribution in [-0.2, 0) is 0 Å². The average molecular weight is 375 g/mol. The molecule has 4 aromatic rings. The standard InChI is InChI=1S/C22H18FN3O2/c1-28-19-4-2-3-18(13-19)25-22(27)24-17-8-5-14(6-9-17)21-12-15-11-16(23)7-10-20(15)26-21/h2-13,26H,1H3,(H2,24,25,27). The zero-order chi connectivity index (χ0) is 19.5. The lowest BCUT2D eigenvalue weighted by atomic mass is 10.1. The van der Waals surface area contributed by atoms with E-state index in [0.717, 1.165) is 22.2 Å². The highest BCUT2D eigenvalue weighted by atomic mass is 19.1. The van der Waals surface area contributed by atoms with Gasteiger partial charge < -0.3 is 20.4 Å². The Labute approximate surface area is 161 Å². The lowest BCUT2D eigenvalue weighted by Gasteiger charge is -2.09. The van der Waals surface area contributed by atoms with Gasteiger partial charge >= 0.3 is 6.03 Å². The lowest BCUT2D eigenvalue weighted by molar-refractivity contribution is 0.262. The van der Waals surface area contributed by atoms with E-state index >= 15 is 0 Å². The van der Waals surface area contributed by atoms with Gasteiger partial charge in [-0.15, -0.1) is 0 Å². The summed E-state index contributed by atoms with van der Waals surface area (Å²) in [5, 5.41) is 6.37. The molecule has 0 aliphatic heterocycles. The van der Waals surface area contributed by atoms with Crippen LogP contribution in [0.4, 0.5) is 20.6 Å². The Kier molecular flexibility index (Phi) is 4.68. The maximum atomic E-state index is 13.4. The summed E-state index contributed by atoms with van der Waals surface area (Å²) in [6, 6.07) is 20.7. The summed E-state index contributed by atoms with van der Waals surface area (Å²) in [5.74, 6) is 0.403. The molecule has 0 bridgehead atoms. The molecule has 28 heavy (non-hydrogen) atoms. The molecule has 4 rings (SSSR count). The molecule has 1 aromatic heterocycles. The average Bonchev–Trinajstić information content (AvgIpc) is 3.11. The van der Waals surface area contributed by atoms with Crippen LogP contribution in [0.2, 0.25) is 0 Å². The van der Waals surface area contributed by atoms with Crippen molar-refractivity contribution < 1.29 is 13.9 Å². The van der Waals surface area contributed by atoms with Gasteiger partial charge in [-0.2, -0.15) is 0 Å². The first kappa shape index (κ1) is 17.6. The van der Waals surface area contributed by atoms with Gasteiger partial charge in [0.2, 0.25) is 0 Å². The van der Waals surface area contributed by atoms with Gasteiger partial charge in [-0.05, 0) is 54.1 Å². The maximum Gasteiger partial charge on any atom is 0.323 e. The van der Waals surface area contributed by atoms with Crippen LogP contribution < -0.4 is 15.4 Å². The molecule has 3 N–H and O–H groups in total. The van der Waals surface area contributed by atoms with E-state index in [1.54, 1.807) is 37.4 Å². The van der Waals surface area contributed by atoms with Gasteiger partial charge in [0.15, 0.2) is 0 Å². The highest BCUT2D eigenvalue weighted by Crippen LogP contribution is 2.26. The van der Waals surface area contributed by atoms with Crippen molar-refractivity contribution in [3.63, 3.8) is 0 Å². The first-order valence-corrected chi connectivity index (χ1v) is 8.71. The number of ether oxygens (including phenoxy) is 1. The second-order valence-corrected chi connectivity index (χ2v) is 6.30. The van der Waals surface area contributed by atoms with Crippen LogP contribution in [-0.4, -0.2) is 18.1 Å². The van der Waals surface area contributed by atoms with Crippen molar-refractivity contribution in [3.05, 3.63) is 78.6 Å². The first-order chi connectivity index (χ1) is 13.6. The molecule has 0 radical (unpaired) electrons. The summed E-state index contributed by atoms with van der Waals surface area (Å²) in [6.45, 7) is 0. The SMILES string of the molecule is COc1cccc(NC(=O)Nc2ccc(-c3cc4cc(F)ccc4[nH]3)cc2)c1. The normalized spacial score (nSPS) is 10.6. The Bertz CT molecular complexity index is 1140. The maximum absolute atomic E-state index is 13.4. The van der Waals surface area contributed by atoms with Gasteiger partial charge in [0.25, 0.3) is 0 Å². The largest absolute Gasteiger partial charge is 0.497 e. The minimum Gasteiger partial charge on any atom is -0.497 e. The van der Waals surface area contributed by atoms with Crippen molar-refractivity contribution in [2.75, 3.05) is 17.7 Å². The van der Waals surface area contributed by atoms with E-state index in [1.807, 2.05) is 30.3 Å². The van der Waals surface area contributed by atoms with Crippen molar-refractivity contribution in [1.82, 2.24) is 4.98 Å². The number of benzene rings is 3. The summed E-state index contributed by atoms with van der Waals surface area (Å²) in [4.78, 5) is 15.4. The quantitative estimate of drug-likeness (QED) is 0.433. The number of anilines is 2. The second kappa shape index (κ2) is 7.44. The number of halogens is 1. The van der Waals surface area contributed by atoms with Gasteiger partial charge in [0.1, 0.15) is 11.6 Å². The Morgan fingerprint density at radius 2 is 1.71 bits per heavy atom. The number of amides is 2. The molecule has 0 saturated carbocycles. The van der Waals surface area contributed by atoms with E-state index in [1.165, 1.54) is 12.1 Å². The molecular formula is C22H18FN3O2. The molecule has 0 unspecified atom stereocenters. The number of hydrogen-bond acceptors (Lipinski definition) is 2. The van der Waals surface area contributed by atoms with E-state index in [-0.39, 0.29) is 11.8 Å². The summed E-state index contributed by atoms with van der Waals surface area (Å²) in [6.07, 6.45) is 0. The number of carbonyl (C=O) groups is 1. The number of fused-ring (bicyclic) bond motifs is 1. The highest BCUT2D eigenvalue weighted by molar-refractivity contribution is 6.00. The fraction of sp³-hybridized carbons (Fsp3) is 0.0455. The summed E-state index contributed by atoms with van der Waals surface area (Å²) in [5.41, 5.74) is 3.99. The molecule has 1 heterocycles. The number of nitrogens with one attached hydrogen (secondary N) is 3. The molecule has 0 atom stereocenters. The Hall–Kier alpha value is -3.80. The number of methoxy groups -OCH3 is 1. The van der Waals surface area contributed by atoms with E-state index in [9.17, 15) is 9.18 Å². The minimum absolute atomic E-state index is 0.264. The summed E-state index contributed by atoms with van der Waals surface area (Å²) < 4.78 is 18.5. The van der Waals surface area contributed by atoms with Crippen LogP contribution in [0.3, 0.4) is 0 Å². The van der Waals surface area contributed by atoms with Gasteiger partial charge in [-0.1, -0.05) is 18.2 Å². The second-order valence-electron chi connectivity index (χ2n) is 6.30. The molecule has 0 fully saturated rings. The molecule has 0 spiro atoms. The zero-order valence-electron chi connectivity index (χ0n) is 15.1. The summed E-state index contributed by atoms with van der Waals surface area (Å²) in [7, 11) is 1.57. The zero-order valence-corrected chi connectivity index (χ0v) is 15.1. The fourth-order valence-electron chi connectivity index (χ4n) is 2.99. The van der Waals surface area contributed by atoms with Gasteiger partial charge in [-0.25, -0.2) is 9.18 Å². The number of rotatable bonds is 4. The third-order valence-corrected chi connectivity index (χ3v) is 4.36. The highest BCUT2D eigenvalue weighted by Gasteiger charge is 2.07. The summed E-state index contributed by atoms with van der Waals surface area (Å²) >= 11 is 0. The third-order valence-electron chi connectivity index (χ3n) is 4.36. The molecule has 0 saturated heterocycles. The molecular weight excluding hydrogens is 357 g/mol. The van der Waals surface area contributed by atoms with E-state index in [4.69, 9.17) is 4.74 Å². The molecule has 140 valence electrons. The van der Waals surface area contributed by atoms with Crippen molar-refractivity contribution in [1.29, 1.82) is 0 Å². The Morgan fingerprint density at radius 3 is 2.50 bits per heavy atom. The van der Waals surface area contributed by atoms with Crippen molar-refractivity contribution in [2.24, 2.45) is 0 Å². The number of carbonyl (C=O) groups excluding carboxylic acids is 1. The van der Waals surface area contributed by atoms with Crippen LogP contribution in [0.15, 0.2) is 72.8 Å². The van der Waals surface area contributed by atoms with E-state index in [2.05, 4.69) is 15.6 Å². The number of hydrogen-bond donors (Lipinski definition) is 3. The van der Waals surface area contributed by atoms with Crippen LogP contribution in [0.5, 0.6) is 5.75 Å². The number of H-pyrrole nitrogens is 1. The van der Waals surface area contributed by atoms with Crippen molar-refractivity contribution in [2.45, 2.75) is 0 Å². The monoisotopic (exact) mass is 375 g/mol. The van der Waals surface area contributed by atoms with Gasteiger partial charge in [0.05, 0.1) is 7.11 Å². The lowest BCUT2D eigenvalue weighted by Crippen LogP contribution is -2.19. The smallest absolute Gasteiger partial charge is 0.323 e. The van der Waals surface area contributed by atoms with Gasteiger partial charge in [-0.3, -0.25) is 0 Å². The fourth-order valence-corrected chi connectivity index (χ4v) is 2.99. The topological polar surface area (TPSA) is 66.2 Å². The predicted molar refractivity (Wildman–Crippen MR) is 109 cm³/mol. The molecule has 3 aromatic carbocycles. The molecule has 0 aliphatic rings. The van der Waals surface area contributed by atoms with Crippen LogP contribution >= 0.6 is 0 Å². The van der Waals surface area contributed by atoms with Gasteiger partial charge in [0, 0.05) is 34.0 Å². The number of aromatic amines is 1. The van der Waals surface area contributed by atoms with Crippen LogP contribution in [0.25, 0.3) is 22.2 Å². The van der Waals surface area contributed by atoms with Crippen molar-refractivity contribution in [3.8, 4) is 17.0 Å². The Balaban J connectivity index is 1.45. The van der Waals surface area contributed by atoms with E-state index < -0.39 is 0 Å². The molecule has 6 heteroatoms. The predicted octanol–water partition coefficient (Wildman–Crippen LogP) is 5.63. The molecule has 2 amide bonds. The van der Waals surface area contributed by atoms with E-state index in [0.29, 0.717) is 17.1 Å². The van der Waals surface area contributed by atoms with Crippen LogP contribution in [0.1, 0.15) is 0 Å². The van der Waals surface area contributed by atoms with Crippen LogP contribution in [0, 0.1) is 5.82 Å². The number of aromatic nitrogens is 1. The third kappa shape index (κ3) is 3.81. The van der Waals surface area contributed by atoms with Crippen molar-refractivity contribution >= 4 is 28.3 Å². The first-order valence-electron chi connectivity index (χ1n) is 8.71. The number of urea groups is 1. The minimum atomic E-state index is -0.345. The Morgan fingerprint density at radius 1 is 0.929 bits per heavy atom. The molecule has 0 aliphatic carbocycles.